The van der Waals surface area contributed by atoms with Crippen LogP contribution in [0, 0.1) is 11.6 Å². The smallest absolute Gasteiger partial charge is 0.251 e. The largest absolute Gasteiger partial charge is 0.393 e. The molecule has 2 aromatic carbocycles. The molecule has 1 unspecified atom stereocenters. The van der Waals surface area contributed by atoms with Crippen LogP contribution in [0.15, 0.2) is 36.4 Å². The van der Waals surface area contributed by atoms with Gasteiger partial charge in [0, 0.05) is 30.3 Å². The summed E-state index contributed by atoms with van der Waals surface area (Å²) in [6.45, 7) is 7.00. The maximum Gasteiger partial charge on any atom is 0.251 e. The SMILES string of the molecule is CC(CCOC(C)(C)CO)c1ccc(F)c(F)c1C(=O)c1ccc(C(=O)N[C@H]2CCNC2)cc1. The minimum Gasteiger partial charge on any atom is -0.393 e. The van der Waals surface area contributed by atoms with Gasteiger partial charge in [-0.05, 0) is 62.9 Å². The first kappa shape index (κ1) is 25.9. The summed E-state index contributed by atoms with van der Waals surface area (Å²) in [5.41, 5.74) is -0.0996. The summed E-state index contributed by atoms with van der Waals surface area (Å²) in [5.74, 6) is -3.49. The third kappa shape index (κ3) is 6.25. The number of ether oxygens (including phenoxy) is 1. The van der Waals surface area contributed by atoms with Gasteiger partial charge in [-0.3, -0.25) is 9.59 Å². The van der Waals surface area contributed by atoms with Crippen molar-refractivity contribution in [2.75, 3.05) is 26.3 Å². The fraction of sp³-hybridized carbons (Fsp3) is 0.462. The van der Waals surface area contributed by atoms with Gasteiger partial charge in [-0.2, -0.15) is 0 Å². The van der Waals surface area contributed by atoms with Gasteiger partial charge in [0.25, 0.3) is 5.91 Å². The van der Waals surface area contributed by atoms with Crippen molar-refractivity contribution in [1.82, 2.24) is 10.6 Å². The van der Waals surface area contributed by atoms with Crippen molar-refractivity contribution in [3.63, 3.8) is 0 Å². The van der Waals surface area contributed by atoms with E-state index >= 15 is 0 Å². The summed E-state index contributed by atoms with van der Waals surface area (Å²) in [4.78, 5) is 25.6. The summed E-state index contributed by atoms with van der Waals surface area (Å²) in [6.07, 6.45) is 1.30. The van der Waals surface area contributed by atoms with Crippen molar-refractivity contribution >= 4 is 11.7 Å². The van der Waals surface area contributed by atoms with Gasteiger partial charge in [-0.25, -0.2) is 8.78 Å². The van der Waals surface area contributed by atoms with Crippen LogP contribution in [0.3, 0.4) is 0 Å². The monoisotopic (exact) mass is 474 g/mol. The number of aliphatic hydroxyl groups excluding tert-OH is 1. The lowest BCUT2D eigenvalue weighted by Gasteiger charge is -2.24. The van der Waals surface area contributed by atoms with Crippen LogP contribution in [-0.4, -0.2) is 54.7 Å². The normalized spacial score (nSPS) is 16.9. The Balaban J connectivity index is 1.78. The van der Waals surface area contributed by atoms with E-state index in [-0.39, 0.29) is 42.2 Å². The number of benzene rings is 2. The molecule has 34 heavy (non-hydrogen) atoms. The van der Waals surface area contributed by atoms with Crippen LogP contribution in [-0.2, 0) is 4.74 Å². The number of rotatable bonds is 10. The van der Waals surface area contributed by atoms with E-state index in [1.807, 2.05) is 6.92 Å². The summed E-state index contributed by atoms with van der Waals surface area (Å²) < 4.78 is 34.6. The van der Waals surface area contributed by atoms with Gasteiger partial charge in [0.1, 0.15) is 0 Å². The quantitative estimate of drug-likeness (QED) is 0.459. The maximum atomic E-state index is 14.8. The highest BCUT2D eigenvalue weighted by molar-refractivity contribution is 6.10. The van der Waals surface area contributed by atoms with E-state index in [0.717, 1.165) is 19.0 Å². The Morgan fingerprint density at radius 1 is 1.18 bits per heavy atom. The number of aliphatic hydroxyl groups is 1. The van der Waals surface area contributed by atoms with Gasteiger partial charge >= 0.3 is 0 Å². The Morgan fingerprint density at radius 3 is 2.47 bits per heavy atom. The Labute approximate surface area is 198 Å². The van der Waals surface area contributed by atoms with Crippen molar-refractivity contribution in [2.45, 2.75) is 51.2 Å². The van der Waals surface area contributed by atoms with Crippen molar-refractivity contribution in [3.8, 4) is 0 Å². The molecule has 0 spiro atoms. The number of halogens is 2. The standard InChI is InChI=1S/C26H32F2N2O4/c1-16(11-13-34-26(2,3)15-31)20-8-9-21(27)23(28)22(20)24(32)17-4-6-18(7-5-17)25(33)30-19-10-12-29-14-19/h4-9,16,19,29,31H,10-15H2,1-3H3,(H,30,33)/t16?,19-/m0/s1. The molecule has 2 atom stereocenters. The van der Waals surface area contributed by atoms with Crippen LogP contribution >= 0.6 is 0 Å². The lowest BCUT2D eigenvalue weighted by atomic mass is 9.88. The Morgan fingerprint density at radius 2 is 1.85 bits per heavy atom. The zero-order valence-corrected chi connectivity index (χ0v) is 19.8. The second-order valence-corrected chi connectivity index (χ2v) is 9.35. The highest BCUT2D eigenvalue weighted by Gasteiger charge is 2.25. The second-order valence-electron chi connectivity index (χ2n) is 9.35. The molecular weight excluding hydrogens is 442 g/mol. The molecule has 6 nitrogen and oxygen atoms in total. The zero-order chi connectivity index (χ0) is 24.9. The van der Waals surface area contributed by atoms with E-state index < -0.39 is 23.0 Å². The Hall–Kier alpha value is -2.68. The molecule has 1 fully saturated rings. The van der Waals surface area contributed by atoms with Gasteiger partial charge in [-0.1, -0.05) is 25.1 Å². The average Bonchev–Trinajstić information content (AvgIpc) is 3.33. The van der Waals surface area contributed by atoms with Crippen LogP contribution in [0.4, 0.5) is 8.78 Å². The van der Waals surface area contributed by atoms with Crippen molar-refractivity contribution in [3.05, 3.63) is 70.3 Å². The molecule has 3 rings (SSSR count). The van der Waals surface area contributed by atoms with Crippen molar-refractivity contribution < 1.29 is 28.2 Å². The minimum absolute atomic E-state index is 0.0613. The highest BCUT2D eigenvalue weighted by Crippen LogP contribution is 2.29. The molecule has 0 radical (unpaired) electrons. The minimum atomic E-state index is -1.19. The summed E-state index contributed by atoms with van der Waals surface area (Å²) in [7, 11) is 0. The zero-order valence-electron chi connectivity index (χ0n) is 19.8. The molecule has 0 aliphatic carbocycles. The average molecular weight is 475 g/mol. The summed E-state index contributed by atoms with van der Waals surface area (Å²) in [5, 5.41) is 15.4. The maximum absolute atomic E-state index is 14.8. The summed E-state index contributed by atoms with van der Waals surface area (Å²) >= 11 is 0. The molecule has 1 heterocycles. The number of hydrogen-bond donors (Lipinski definition) is 3. The number of nitrogens with one attached hydrogen (secondary N) is 2. The predicted molar refractivity (Wildman–Crippen MR) is 125 cm³/mol. The van der Waals surface area contributed by atoms with Crippen LogP contribution < -0.4 is 10.6 Å². The highest BCUT2D eigenvalue weighted by atomic mass is 19.2. The molecule has 3 N–H and O–H groups in total. The van der Waals surface area contributed by atoms with E-state index in [2.05, 4.69) is 10.6 Å². The first-order valence-corrected chi connectivity index (χ1v) is 11.5. The first-order valence-electron chi connectivity index (χ1n) is 11.5. The number of carbonyl (C=O) groups excluding carboxylic acids is 2. The predicted octanol–water partition coefficient (Wildman–Crippen LogP) is 3.57. The van der Waals surface area contributed by atoms with Crippen LogP contribution in [0.5, 0.6) is 0 Å². The number of carbonyl (C=O) groups is 2. The van der Waals surface area contributed by atoms with E-state index in [1.54, 1.807) is 13.8 Å². The molecule has 0 saturated carbocycles. The molecule has 1 aliphatic heterocycles. The molecule has 184 valence electrons. The van der Waals surface area contributed by atoms with Crippen molar-refractivity contribution in [2.24, 2.45) is 0 Å². The topological polar surface area (TPSA) is 87.7 Å². The van der Waals surface area contributed by atoms with Gasteiger partial charge < -0.3 is 20.5 Å². The lowest BCUT2D eigenvalue weighted by Crippen LogP contribution is -2.36. The van der Waals surface area contributed by atoms with E-state index in [0.29, 0.717) is 24.1 Å². The molecule has 8 heteroatoms. The third-order valence-electron chi connectivity index (χ3n) is 6.11. The first-order chi connectivity index (χ1) is 16.1. The summed E-state index contributed by atoms with van der Waals surface area (Å²) in [6, 6.07) is 8.43. The van der Waals surface area contributed by atoms with E-state index in [4.69, 9.17) is 4.74 Å². The van der Waals surface area contributed by atoms with Crippen LogP contribution in [0.25, 0.3) is 0 Å². The van der Waals surface area contributed by atoms with Gasteiger partial charge in [0.2, 0.25) is 0 Å². The molecule has 0 aromatic heterocycles. The van der Waals surface area contributed by atoms with E-state index in [1.165, 1.54) is 30.3 Å². The van der Waals surface area contributed by atoms with Gasteiger partial charge in [0.05, 0.1) is 17.8 Å². The third-order valence-corrected chi connectivity index (χ3v) is 6.11. The van der Waals surface area contributed by atoms with Crippen LogP contribution in [0.1, 0.15) is 71.4 Å². The second kappa shape index (κ2) is 11.2. The van der Waals surface area contributed by atoms with Gasteiger partial charge in [-0.15, -0.1) is 0 Å². The molecule has 2 aromatic rings. The molecule has 1 amide bonds. The number of hydrogen-bond acceptors (Lipinski definition) is 5. The number of amides is 1. The molecule has 1 saturated heterocycles. The molecular formula is C26H32F2N2O4. The van der Waals surface area contributed by atoms with Crippen LogP contribution in [0.2, 0.25) is 0 Å². The Kier molecular flexibility index (Phi) is 8.52. The van der Waals surface area contributed by atoms with E-state index in [9.17, 15) is 23.5 Å². The fourth-order valence-corrected chi connectivity index (χ4v) is 3.88. The molecule has 0 bridgehead atoms. The Bertz CT molecular complexity index is 1020. The fourth-order valence-electron chi connectivity index (χ4n) is 3.88. The number of ketones is 1. The van der Waals surface area contributed by atoms with Gasteiger partial charge in [0.15, 0.2) is 17.4 Å². The van der Waals surface area contributed by atoms with Crippen molar-refractivity contribution in [1.29, 1.82) is 0 Å². The lowest BCUT2D eigenvalue weighted by molar-refractivity contribution is -0.0553. The molecule has 1 aliphatic rings.